The zero-order valence-corrected chi connectivity index (χ0v) is 17.7. The summed E-state index contributed by atoms with van der Waals surface area (Å²) in [6, 6.07) is 16.6. The Labute approximate surface area is 180 Å². The van der Waals surface area contributed by atoms with Gasteiger partial charge in [0.2, 0.25) is 0 Å². The van der Waals surface area contributed by atoms with Gasteiger partial charge in [0.25, 0.3) is 5.82 Å². The number of nitrogens with zero attached hydrogens (tertiary/aromatic N) is 2. The van der Waals surface area contributed by atoms with Crippen molar-refractivity contribution >= 4 is 16.7 Å². The van der Waals surface area contributed by atoms with Crippen LogP contribution in [0.3, 0.4) is 0 Å². The lowest BCUT2D eigenvalue weighted by Crippen LogP contribution is -2.44. The molecule has 2 aromatic carbocycles. The predicted molar refractivity (Wildman–Crippen MR) is 120 cm³/mol. The van der Waals surface area contributed by atoms with Crippen LogP contribution in [-0.4, -0.2) is 19.2 Å². The molecular weight excluding hydrogens is 388 g/mol. The number of fused-ring (bicyclic) bond motifs is 4. The molecule has 0 amide bonds. The summed E-state index contributed by atoms with van der Waals surface area (Å²) in [4.78, 5) is 3.44. The van der Waals surface area contributed by atoms with Crippen LogP contribution in [0.1, 0.15) is 16.8 Å². The van der Waals surface area contributed by atoms with Crippen LogP contribution in [0, 0.1) is 18.3 Å². The second-order valence-electron chi connectivity index (χ2n) is 7.75. The van der Waals surface area contributed by atoms with Crippen molar-refractivity contribution in [2.45, 2.75) is 19.9 Å². The second kappa shape index (κ2) is 7.06. The number of anilines is 1. The van der Waals surface area contributed by atoms with E-state index >= 15 is 0 Å². The molecule has 0 bridgehead atoms. The predicted octanol–water partition coefficient (Wildman–Crippen LogP) is 4.13. The Morgan fingerprint density at radius 2 is 1.81 bits per heavy atom. The molecule has 0 aliphatic carbocycles. The molecule has 3 N–H and O–H groups in total. The van der Waals surface area contributed by atoms with Crippen LogP contribution >= 0.6 is 0 Å². The van der Waals surface area contributed by atoms with E-state index in [0.29, 0.717) is 29.4 Å². The minimum Gasteiger partial charge on any atom is -0.493 e. The average molecular weight is 411 g/mol. The van der Waals surface area contributed by atoms with E-state index < -0.39 is 0 Å². The van der Waals surface area contributed by atoms with E-state index in [4.69, 9.17) is 15.2 Å². The minimum atomic E-state index is 0.486. The first-order valence-electron chi connectivity index (χ1n) is 10.2. The van der Waals surface area contributed by atoms with Crippen LogP contribution in [0.25, 0.3) is 33.3 Å². The first-order chi connectivity index (χ1) is 15.1. The Kier molecular flexibility index (Phi) is 4.33. The van der Waals surface area contributed by atoms with E-state index in [1.54, 1.807) is 14.2 Å². The molecule has 1 aliphatic heterocycles. The van der Waals surface area contributed by atoms with Gasteiger partial charge < -0.3 is 14.5 Å². The number of aromatic nitrogens is 2. The fourth-order valence-corrected chi connectivity index (χ4v) is 4.69. The van der Waals surface area contributed by atoms with E-state index in [1.807, 2.05) is 41.8 Å². The van der Waals surface area contributed by atoms with E-state index in [1.165, 1.54) is 5.56 Å². The molecular formula is C25H23N4O2+. The number of aromatic amines is 1. The van der Waals surface area contributed by atoms with Crippen molar-refractivity contribution in [1.82, 2.24) is 4.98 Å². The number of benzene rings is 2. The Bertz CT molecular complexity index is 1400. The molecule has 5 rings (SSSR count). The molecule has 0 saturated heterocycles. The summed E-state index contributed by atoms with van der Waals surface area (Å²) in [5, 5.41) is 11.1. The van der Waals surface area contributed by atoms with Gasteiger partial charge in [0.05, 0.1) is 20.8 Å². The number of ether oxygens (including phenoxy) is 2. The summed E-state index contributed by atoms with van der Waals surface area (Å²) in [5.74, 6) is 1.87. The Hall–Kier alpha value is -3.98. The number of rotatable bonds is 3. The summed E-state index contributed by atoms with van der Waals surface area (Å²) in [5.41, 5.74) is 14.1. The van der Waals surface area contributed by atoms with Crippen LogP contribution in [0.2, 0.25) is 0 Å². The largest absolute Gasteiger partial charge is 0.493 e. The molecule has 6 nitrogen and oxygen atoms in total. The van der Waals surface area contributed by atoms with E-state index in [9.17, 15) is 5.26 Å². The zero-order valence-electron chi connectivity index (χ0n) is 17.7. The van der Waals surface area contributed by atoms with Gasteiger partial charge in [-0.3, -0.25) is 5.73 Å². The smallest absolute Gasteiger partial charge is 0.291 e. The lowest BCUT2D eigenvalue weighted by atomic mass is 9.91. The van der Waals surface area contributed by atoms with Gasteiger partial charge >= 0.3 is 0 Å². The fraction of sp³-hybridized carbons (Fsp3) is 0.200. The van der Waals surface area contributed by atoms with Gasteiger partial charge in [-0.15, -0.1) is 0 Å². The fourth-order valence-electron chi connectivity index (χ4n) is 4.69. The average Bonchev–Trinajstić information content (AvgIpc) is 3.13. The van der Waals surface area contributed by atoms with Gasteiger partial charge in [-0.1, -0.05) is 18.2 Å². The standard InChI is InChI=1S/C25H22N4O2/c1-14-24(16-6-4-5-7-20(16)28-14)18-11-21-17-12-23(31-3)22(30-2)10-15(17)8-9-29(21)25(27)19(18)13-26/h4-7,10-12H,8-9H2,1-3H3,(H2,27,28)/p+1. The van der Waals surface area contributed by atoms with Crippen LogP contribution in [-0.2, 0) is 13.0 Å². The lowest BCUT2D eigenvalue weighted by molar-refractivity contribution is -0.673. The van der Waals surface area contributed by atoms with Gasteiger partial charge in [0.15, 0.2) is 11.5 Å². The van der Waals surface area contributed by atoms with Crippen LogP contribution in [0.5, 0.6) is 11.5 Å². The molecule has 0 spiro atoms. The molecule has 0 unspecified atom stereocenters. The van der Waals surface area contributed by atoms with E-state index in [0.717, 1.165) is 45.4 Å². The van der Waals surface area contributed by atoms with E-state index in [2.05, 4.69) is 23.2 Å². The normalized spacial score (nSPS) is 12.2. The first kappa shape index (κ1) is 19.0. The summed E-state index contributed by atoms with van der Waals surface area (Å²) < 4.78 is 13.1. The van der Waals surface area contributed by atoms with Crippen LogP contribution in [0.4, 0.5) is 5.82 Å². The van der Waals surface area contributed by atoms with E-state index in [-0.39, 0.29) is 0 Å². The minimum absolute atomic E-state index is 0.486. The first-order valence-corrected chi connectivity index (χ1v) is 10.2. The highest BCUT2D eigenvalue weighted by atomic mass is 16.5. The maximum Gasteiger partial charge on any atom is 0.291 e. The van der Waals surface area contributed by atoms with Crippen molar-refractivity contribution in [2.24, 2.45) is 0 Å². The quantitative estimate of drug-likeness (QED) is 0.496. The molecule has 0 radical (unpaired) electrons. The maximum atomic E-state index is 10.0. The summed E-state index contributed by atoms with van der Waals surface area (Å²) in [7, 11) is 3.28. The Balaban J connectivity index is 1.84. The highest BCUT2D eigenvalue weighted by Gasteiger charge is 2.30. The van der Waals surface area contributed by atoms with Crippen molar-refractivity contribution in [1.29, 1.82) is 5.26 Å². The maximum absolute atomic E-state index is 10.0. The molecule has 31 heavy (non-hydrogen) atoms. The highest BCUT2D eigenvalue weighted by Crippen LogP contribution is 2.41. The molecule has 154 valence electrons. The van der Waals surface area contributed by atoms with Crippen molar-refractivity contribution in [3.63, 3.8) is 0 Å². The highest BCUT2D eigenvalue weighted by molar-refractivity contribution is 5.99. The third kappa shape index (κ3) is 2.74. The molecule has 0 saturated carbocycles. The molecule has 1 aliphatic rings. The molecule has 0 fully saturated rings. The molecule has 6 heteroatoms. The number of H-pyrrole nitrogens is 1. The van der Waals surface area contributed by atoms with Crippen LogP contribution in [0.15, 0.2) is 42.5 Å². The number of para-hydroxylation sites is 1. The Morgan fingerprint density at radius 3 is 2.55 bits per heavy atom. The SMILES string of the molecule is COc1cc2c(cc1OC)-c1cc(-c3c(C)[nH]c4ccccc34)c(C#N)c(N)[n+]1CC2. The van der Waals surface area contributed by atoms with Crippen molar-refractivity contribution < 1.29 is 14.0 Å². The number of aryl methyl sites for hydroxylation is 2. The molecule has 2 aromatic heterocycles. The second-order valence-corrected chi connectivity index (χ2v) is 7.75. The summed E-state index contributed by atoms with van der Waals surface area (Å²) in [6.45, 7) is 2.73. The van der Waals surface area contributed by atoms with Gasteiger partial charge in [-0.25, -0.2) is 4.57 Å². The van der Waals surface area contributed by atoms with Crippen molar-refractivity contribution in [3.05, 3.63) is 59.3 Å². The molecule has 4 aromatic rings. The Morgan fingerprint density at radius 1 is 1.06 bits per heavy atom. The number of hydrogen-bond acceptors (Lipinski definition) is 4. The number of nitrogens with two attached hydrogens (primary N) is 1. The zero-order chi connectivity index (χ0) is 21.7. The number of nitrogen functional groups attached to an aromatic ring is 1. The molecule has 3 heterocycles. The van der Waals surface area contributed by atoms with Gasteiger partial charge in [0, 0.05) is 39.7 Å². The van der Waals surface area contributed by atoms with Gasteiger partial charge in [0.1, 0.15) is 17.3 Å². The number of pyridine rings is 1. The number of hydrogen-bond donors (Lipinski definition) is 2. The lowest BCUT2D eigenvalue weighted by Gasteiger charge is -2.22. The van der Waals surface area contributed by atoms with Crippen LogP contribution < -0.4 is 19.8 Å². The monoisotopic (exact) mass is 411 g/mol. The number of methoxy groups -OCH3 is 2. The molecule has 0 atom stereocenters. The third-order valence-corrected chi connectivity index (χ3v) is 6.15. The number of nitriles is 1. The number of nitrogens with one attached hydrogen (secondary N) is 1. The van der Waals surface area contributed by atoms with Gasteiger partial charge in [-0.05, 0) is 36.8 Å². The topological polar surface area (TPSA) is 87.9 Å². The third-order valence-electron chi connectivity index (χ3n) is 6.15. The van der Waals surface area contributed by atoms with Crippen molar-refractivity contribution in [2.75, 3.05) is 20.0 Å². The summed E-state index contributed by atoms with van der Waals surface area (Å²) >= 11 is 0. The summed E-state index contributed by atoms with van der Waals surface area (Å²) in [6.07, 6.45) is 0.799. The van der Waals surface area contributed by atoms with Crippen molar-refractivity contribution in [3.8, 4) is 40.0 Å². The van der Waals surface area contributed by atoms with Gasteiger partial charge in [-0.2, -0.15) is 5.26 Å².